The van der Waals surface area contributed by atoms with Crippen LogP contribution in [0.3, 0.4) is 0 Å². The van der Waals surface area contributed by atoms with E-state index in [1.54, 1.807) is 0 Å². The molecule has 0 saturated carbocycles. The molecule has 84 valence electrons. The molecule has 1 aliphatic rings. The fraction of sp³-hybridized carbons (Fsp3) is 0.462. The van der Waals surface area contributed by atoms with E-state index in [-0.39, 0.29) is 12.1 Å². The second-order valence-electron chi connectivity index (χ2n) is 4.04. The Bertz CT molecular complexity index is 358. The van der Waals surface area contributed by atoms with E-state index >= 15 is 0 Å². The van der Waals surface area contributed by atoms with E-state index < -0.39 is 0 Å². The zero-order chi connectivity index (χ0) is 11.2. The third kappa shape index (κ3) is 2.82. The van der Waals surface area contributed by atoms with Crippen LogP contribution in [0.15, 0.2) is 30.3 Å². The number of benzene rings is 1. The molecule has 1 heterocycles. The normalized spacial score (nSPS) is 24.9. The maximum atomic E-state index is 8.94. The number of ether oxygens (including phenoxy) is 1. The number of nitriles is 1. The van der Waals surface area contributed by atoms with E-state index in [9.17, 15) is 0 Å². The lowest BCUT2D eigenvalue weighted by Gasteiger charge is -2.27. The van der Waals surface area contributed by atoms with E-state index in [2.05, 4.69) is 23.5 Å². The Kier molecular flexibility index (Phi) is 3.92. The summed E-state index contributed by atoms with van der Waals surface area (Å²) in [5.74, 6) is 0. The Hall–Kier alpha value is -1.37. The average Bonchev–Trinajstić information content (AvgIpc) is 2.38. The van der Waals surface area contributed by atoms with Gasteiger partial charge in [0.15, 0.2) is 6.10 Å². The monoisotopic (exact) mass is 216 g/mol. The molecule has 0 bridgehead atoms. The van der Waals surface area contributed by atoms with Crippen molar-refractivity contribution in [1.29, 1.82) is 5.26 Å². The largest absolute Gasteiger partial charge is 0.362 e. The van der Waals surface area contributed by atoms with Crippen LogP contribution in [0.4, 0.5) is 0 Å². The summed E-state index contributed by atoms with van der Waals surface area (Å²) >= 11 is 0. The summed E-state index contributed by atoms with van der Waals surface area (Å²) in [6.45, 7) is 1.51. The molecule has 1 aromatic rings. The molecule has 3 nitrogen and oxygen atoms in total. The van der Waals surface area contributed by atoms with Gasteiger partial charge in [0.1, 0.15) is 0 Å². The average molecular weight is 216 g/mol. The molecule has 0 aliphatic carbocycles. The molecular formula is C13H16N2O. The van der Waals surface area contributed by atoms with Crippen molar-refractivity contribution in [2.75, 3.05) is 6.61 Å². The Morgan fingerprint density at radius 3 is 2.94 bits per heavy atom. The van der Waals surface area contributed by atoms with Gasteiger partial charge in [0.2, 0.25) is 0 Å². The Labute approximate surface area is 96.0 Å². The molecule has 1 N–H and O–H groups in total. The summed E-state index contributed by atoms with van der Waals surface area (Å²) in [6, 6.07) is 12.6. The fourth-order valence-corrected chi connectivity index (χ4v) is 1.96. The summed E-state index contributed by atoms with van der Waals surface area (Å²) in [7, 11) is 0. The number of rotatable bonds is 3. The maximum absolute atomic E-state index is 8.94. The second kappa shape index (κ2) is 5.64. The molecular weight excluding hydrogens is 200 g/mol. The minimum Gasteiger partial charge on any atom is -0.362 e. The van der Waals surface area contributed by atoms with Crippen molar-refractivity contribution in [2.45, 2.75) is 31.5 Å². The van der Waals surface area contributed by atoms with Gasteiger partial charge in [-0.1, -0.05) is 30.3 Å². The minimum absolute atomic E-state index is 0.166. The first-order valence-electron chi connectivity index (χ1n) is 5.68. The van der Waals surface area contributed by atoms with E-state index in [4.69, 9.17) is 10.00 Å². The van der Waals surface area contributed by atoms with E-state index in [1.807, 2.05) is 18.2 Å². The summed E-state index contributed by atoms with van der Waals surface area (Å²) in [5, 5.41) is 12.3. The first kappa shape index (κ1) is 11.1. The van der Waals surface area contributed by atoms with Gasteiger partial charge in [0.25, 0.3) is 0 Å². The summed E-state index contributed by atoms with van der Waals surface area (Å²) < 4.78 is 5.40. The van der Waals surface area contributed by atoms with Gasteiger partial charge in [-0.25, -0.2) is 0 Å². The molecule has 0 aromatic heterocycles. The molecule has 0 amide bonds. The van der Waals surface area contributed by atoms with E-state index in [1.165, 1.54) is 5.56 Å². The van der Waals surface area contributed by atoms with Gasteiger partial charge in [0.05, 0.1) is 6.07 Å². The zero-order valence-corrected chi connectivity index (χ0v) is 9.23. The van der Waals surface area contributed by atoms with Crippen molar-refractivity contribution in [3.8, 4) is 6.07 Å². The number of hydrogen-bond donors (Lipinski definition) is 1. The smallest absolute Gasteiger partial charge is 0.159 e. The van der Waals surface area contributed by atoms with Crippen LogP contribution in [0, 0.1) is 11.3 Å². The standard InChI is InChI=1S/C13H16N2O/c14-9-13-12(7-4-8-16-13)15-10-11-5-2-1-3-6-11/h1-3,5-6,12-13,15H,4,7-8,10H2. The Morgan fingerprint density at radius 1 is 1.38 bits per heavy atom. The first-order valence-corrected chi connectivity index (χ1v) is 5.68. The van der Waals surface area contributed by atoms with Crippen LogP contribution in [0.1, 0.15) is 18.4 Å². The molecule has 0 radical (unpaired) electrons. The van der Waals surface area contributed by atoms with Gasteiger partial charge in [-0.15, -0.1) is 0 Å². The van der Waals surface area contributed by atoms with Crippen molar-refractivity contribution in [1.82, 2.24) is 5.32 Å². The van der Waals surface area contributed by atoms with Crippen LogP contribution < -0.4 is 5.32 Å². The Morgan fingerprint density at radius 2 is 2.19 bits per heavy atom. The highest BCUT2D eigenvalue weighted by atomic mass is 16.5. The molecule has 2 atom stereocenters. The van der Waals surface area contributed by atoms with Crippen molar-refractivity contribution in [3.63, 3.8) is 0 Å². The first-order chi connectivity index (χ1) is 7.90. The van der Waals surface area contributed by atoms with Crippen LogP contribution in [-0.2, 0) is 11.3 Å². The number of nitrogens with one attached hydrogen (secondary N) is 1. The highest BCUT2D eigenvalue weighted by Crippen LogP contribution is 2.14. The van der Waals surface area contributed by atoms with Crippen LogP contribution in [-0.4, -0.2) is 18.8 Å². The lowest BCUT2D eigenvalue weighted by molar-refractivity contribution is 0.0247. The second-order valence-corrected chi connectivity index (χ2v) is 4.04. The van der Waals surface area contributed by atoms with Crippen molar-refractivity contribution in [3.05, 3.63) is 35.9 Å². The van der Waals surface area contributed by atoms with E-state index in [0.717, 1.165) is 19.4 Å². The summed E-state index contributed by atoms with van der Waals surface area (Å²) in [6.07, 6.45) is 1.76. The van der Waals surface area contributed by atoms with Crippen LogP contribution in [0.2, 0.25) is 0 Å². The van der Waals surface area contributed by atoms with Gasteiger partial charge in [-0.2, -0.15) is 5.26 Å². The molecule has 3 heteroatoms. The topological polar surface area (TPSA) is 45.0 Å². The van der Waals surface area contributed by atoms with Crippen LogP contribution in [0.25, 0.3) is 0 Å². The molecule has 1 saturated heterocycles. The van der Waals surface area contributed by atoms with Crippen molar-refractivity contribution in [2.24, 2.45) is 0 Å². The molecule has 2 unspecified atom stereocenters. The van der Waals surface area contributed by atoms with E-state index in [0.29, 0.717) is 6.61 Å². The molecule has 1 aliphatic heterocycles. The summed E-state index contributed by atoms with van der Waals surface area (Å²) in [5.41, 5.74) is 1.24. The number of hydrogen-bond acceptors (Lipinski definition) is 3. The van der Waals surface area contributed by atoms with Crippen LogP contribution in [0.5, 0.6) is 0 Å². The number of nitrogens with zero attached hydrogens (tertiary/aromatic N) is 1. The lowest BCUT2D eigenvalue weighted by atomic mass is 10.0. The Balaban J connectivity index is 1.87. The minimum atomic E-state index is -0.294. The van der Waals surface area contributed by atoms with Crippen molar-refractivity contribution >= 4 is 0 Å². The predicted molar refractivity (Wildman–Crippen MR) is 61.7 cm³/mol. The lowest BCUT2D eigenvalue weighted by Crippen LogP contribution is -2.43. The molecule has 0 spiro atoms. The van der Waals surface area contributed by atoms with Crippen molar-refractivity contribution < 1.29 is 4.74 Å². The quantitative estimate of drug-likeness (QED) is 0.838. The molecule has 2 rings (SSSR count). The highest BCUT2D eigenvalue weighted by molar-refractivity contribution is 5.14. The van der Waals surface area contributed by atoms with Gasteiger partial charge in [0, 0.05) is 19.2 Å². The maximum Gasteiger partial charge on any atom is 0.159 e. The zero-order valence-electron chi connectivity index (χ0n) is 9.23. The predicted octanol–water partition coefficient (Wildman–Crippen LogP) is 1.85. The summed E-state index contributed by atoms with van der Waals surface area (Å²) in [4.78, 5) is 0. The SMILES string of the molecule is N#CC1OCCCC1NCc1ccccc1. The van der Waals surface area contributed by atoms with Gasteiger partial charge >= 0.3 is 0 Å². The van der Waals surface area contributed by atoms with Gasteiger partial charge in [-0.05, 0) is 18.4 Å². The third-order valence-corrected chi connectivity index (χ3v) is 2.86. The molecule has 16 heavy (non-hydrogen) atoms. The highest BCUT2D eigenvalue weighted by Gasteiger charge is 2.24. The van der Waals surface area contributed by atoms with Gasteiger partial charge < -0.3 is 10.1 Å². The fourth-order valence-electron chi connectivity index (χ4n) is 1.96. The van der Waals surface area contributed by atoms with Crippen LogP contribution >= 0.6 is 0 Å². The molecule has 1 aromatic carbocycles. The van der Waals surface area contributed by atoms with Gasteiger partial charge in [-0.3, -0.25) is 0 Å². The third-order valence-electron chi connectivity index (χ3n) is 2.86. The molecule has 1 fully saturated rings.